The summed E-state index contributed by atoms with van der Waals surface area (Å²) in [6.07, 6.45) is 3.47. The molecule has 0 bridgehead atoms. The van der Waals surface area contributed by atoms with E-state index in [4.69, 9.17) is 0 Å². The molecule has 1 N–H and O–H groups in total. The highest BCUT2D eigenvalue weighted by Crippen LogP contribution is 2.22. The van der Waals surface area contributed by atoms with Crippen molar-refractivity contribution in [1.29, 1.82) is 0 Å². The van der Waals surface area contributed by atoms with Crippen molar-refractivity contribution in [2.75, 3.05) is 5.32 Å². The van der Waals surface area contributed by atoms with Gasteiger partial charge in [0.25, 0.3) is 5.91 Å². The number of anilines is 1. The predicted molar refractivity (Wildman–Crippen MR) is 71.5 cm³/mol. The maximum absolute atomic E-state index is 12.3. The minimum atomic E-state index is -0.469. The molecule has 0 aromatic carbocycles. The van der Waals surface area contributed by atoms with Gasteiger partial charge in [-0.15, -0.1) is 0 Å². The number of aromatic nitrogens is 2. The summed E-state index contributed by atoms with van der Waals surface area (Å²) in [7, 11) is 1.79. The maximum Gasteiger partial charge on any atom is 0.252 e. The van der Waals surface area contributed by atoms with Crippen molar-refractivity contribution in [2.45, 2.75) is 45.2 Å². The van der Waals surface area contributed by atoms with Crippen LogP contribution in [-0.2, 0) is 16.6 Å². The predicted octanol–water partition coefficient (Wildman–Crippen LogP) is 1.15. The van der Waals surface area contributed by atoms with Crippen LogP contribution in [0.1, 0.15) is 33.1 Å². The van der Waals surface area contributed by atoms with E-state index in [0.717, 1.165) is 18.7 Å². The van der Waals surface area contributed by atoms with E-state index >= 15 is 0 Å². The van der Waals surface area contributed by atoms with Gasteiger partial charge in [0.2, 0.25) is 5.91 Å². The van der Waals surface area contributed by atoms with E-state index in [1.54, 1.807) is 24.0 Å². The van der Waals surface area contributed by atoms with Crippen LogP contribution in [0.2, 0.25) is 0 Å². The Hall–Kier alpha value is -1.85. The van der Waals surface area contributed by atoms with E-state index in [0.29, 0.717) is 0 Å². The zero-order valence-corrected chi connectivity index (χ0v) is 11.6. The summed E-state index contributed by atoms with van der Waals surface area (Å²) >= 11 is 0. The van der Waals surface area contributed by atoms with Crippen molar-refractivity contribution < 1.29 is 9.59 Å². The average molecular weight is 264 g/mol. The lowest BCUT2D eigenvalue weighted by atomic mass is 10.1. The number of imide groups is 1. The summed E-state index contributed by atoms with van der Waals surface area (Å²) in [6.45, 7) is 3.99. The first-order chi connectivity index (χ1) is 9.08. The molecular weight excluding hydrogens is 244 g/mol. The molecule has 0 aliphatic carbocycles. The minimum absolute atomic E-state index is 0.0123. The molecule has 19 heavy (non-hydrogen) atoms. The fraction of sp³-hybridized carbons (Fsp3) is 0.615. The summed E-state index contributed by atoms with van der Waals surface area (Å²) in [4.78, 5) is 25.8. The largest absolute Gasteiger partial charge is 0.358 e. The average Bonchev–Trinajstić information content (AvgIpc) is 2.90. The normalized spacial score (nSPS) is 19.6. The second kappa shape index (κ2) is 5.42. The number of rotatable bonds is 5. The molecule has 2 amide bonds. The third kappa shape index (κ3) is 2.47. The standard InChI is InChI=1S/C13H20N4O2/c1-4-9(5-2)17-12(18)8-10(13(17)19)15-11-6-7-14-16(11)3/h6-7,9-10,15H,4-5,8H2,1-3H3. The van der Waals surface area contributed by atoms with Crippen LogP contribution >= 0.6 is 0 Å². The number of likely N-dealkylation sites (tertiary alicyclic amines) is 1. The summed E-state index contributed by atoms with van der Waals surface area (Å²) < 4.78 is 1.65. The fourth-order valence-corrected chi connectivity index (χ4v) is 2.50. The molecule has 0 saturated carbocycles. The van der Waals surface area contributed by atoms with Crippen molar-refractivity contribution in [1.82, 2.24) is 14.7 Å². The van der Waals surface area contributed by atoms with E-state index in [2.05, 4.69) is 10.4 Å². The number of nitrogens with zero attached hydrogens (tertiary/aromatic N) is 3. The second-order valence-corrected chi connectivity index (χ2v) is 4.81. The molecule has 6 heteroatoms. The van der Waals surface area contributed by atoms with Gasteiger partial charge in [0.1, 0.15) is 11.9 Å². The number of carbonyl (C=O) groups is 2. The van der Waals surface area contributed by atoms with Gasteiger partial charge in [-0.2, -0.15) is 5.10 Å². The number of hydrogen-bond acceptors (Lipinski definition) is 4. The SMILES string of the molecule is CCC(CC)N1C(=O)CC(Nc2ccnn2C)C1=O. The molecule has 1 fully saturated rings. The number of nitrogens with one attached hydrogen (secondary N) is 1. The highest BCUT2D eigenvalue weighted by atomic mass is 16.2. The van der Waals surface area contributed by atoms with Gasteiger partial charge in [-0.05, 0) is 12.8 Å². The van der Waals surface area contributed by atoms with Crippen LogP contribution in [0, 0.1) is 0 Å². The first kappa shape index (κ1) is 13.6. The fourth-order valence-electron chi connectivity index (χ4n) is 2.50. The Morgan fingerprint density at radius 1 is 1.42 bits per heavy atom. The number of hydrogen-bond donors (Lipinski definition) is 1. The van der Waals surface area contributed by atoms with Crippen LogP contribution in [0.25, 0.3) is 0 Å². The van der Waals surface area contributed by atoms with Crippen LogP contribution in [0.4, 0.5) is 5.82 Å². The third-order valence-electron chi connectivity index (χ3n) is 3.63. The smallest absolute Gasteiger partial charge is 0.252 e. The van der Waals surface area contributed by atoms with Gasteiger partial charge in [0.15, 0.2) is 0 Å². The zero-order valence-electron chi connectivity index (χ0n) is 11.6. The summed E-state index contributed by atoms with van der Waals surface area (Å²) in [6, 6.07) is 1.33. The summed E-state index contributed by atoms with van der Waals surface area (Å²) in [5.41, 5.74) is 0. The topological polar surface area (TPSA) is 67.2 Å². The van der Waals surface area contributed by atoms with Gasteiger partial charge in [0.05, 0.1) is 12.6 Å². The molecule has 0 radical (unpaired) electrons. The van der Waals surface area contributed by atoms with Crippen molar-refractivity contribution in [3.05, 3.63) is 12.3 Å². The summed E-state index contributed by atoms with van der Waals surface area (Å²) in [5.74, 6) is 0.538. The van der Waals surface area contributed by atoms with Crippen LogP contribution in [0.3, 0.4) is 0 Å². The van der Waals surface area contributed by atoms with Gasteiger partial charge >= 0.3 is 0 Å². The van der Waals surface area contributed by atoms with E-state index in [9.17, 15) is 9.59 Å². The molecule has 1 aromatic heterocycles. The van der Waals surface area contributed by atoms with E-state index < -0.39 is 6.04 Å². The minimum Gasteiger partial charge on any atom is -0.358 e. The molecule has 104 valence electrons. The van der Waals surface area contributed by atoms with Crippen molar-refractivity contribution in [3.63, 3.8) is 0 Å². The number of carbonyl (C=O) groups excluding carboxylic acids is 2. The lowest BCUT2D eigenvalue weighted by Crippen LogP contribution is -2.41. The van der Waals surface area contributed by atoms with Crippen LogP contribution in [0.5, 0.6) is 0 Å². The first-order valence-electron chi connectivity index (χ1n) is 6.68. The monoisotopic (exact) mass is 264 g/mol. The van der Waals surface area contributed by atoms with Gasteiger partial charge < -0.3 is 5.32 Å². The Kier molecular flexibility index (Phi) is 3.87. The molecule has 1 aliphatic heterocycles. The van der Waals surface area contributed by atoms with E-state index in [1.807, 2.05) is 13.8 Å². The maximum atomic E-state index is 12.3. The van der Waals surface area contributed by atoms with Gasteiger partial charge in [-0.25, -0.2) is 0 Å². The lowest BCUT2D eigenvalue weighted by Gasteiger charge is -2.24. The molecule has 6 nitrogen and oxygen atoms in total. The van der Waals surface area contributed by atoms with E-state index in [1.165, 1.54) is 4.90 Å². The molecule has 2 rings (SSSR count). The van der Waals surface area contributed by atoms with E-state index in [-0.39, 0.29) is 24.3 Å². The Morgan fingerprint density at radius 3 is 2.63 bits per heavy atom. The Bertz CT molecular complexity index is 479. The van der Waals surface area contributed by atoms with Gasteiger partial charge in [-0.3, -0.25) is 19.2 Å². The van der Waals surface area contributed by atoms with Gasteiger partial charge in [-0.1, -0.05) is 13.8 Å². The van der Waals surface area contributed by atoms with Crippen molar-refractivity contribution in [2.24, 2.45) is 7.05 Å². The number of aryl methyl sites for hydroxylation is 1. The highest BCUT2D eigenvalue weighted by molar-refractivity contribution is 6.07. The lowest BCUT2D eigenvalue weighted by molar-refractivity contribution is -0.141. The molecule has 1 unspecified atom stereocenters. The molecular formula is C13H20N4O2. The molecule has 1 aromatic rings. The molecule has 1 aliphatic rings. The first-order valence-corrected chi connectivity index (χ1v) is 6.68. The van der Waals surface area contributed by atoms with Crippen LogP contribution < -0.4 is 5.32 Å². The molecule has 0 spiro atoms. The number of amides is 2. The second-order valence-electron chi connectivity index (χ2n) is 4.81. The molecule has 1 atom stereocenters. The van der Waals surface area contributed by atoms with Gasteiger partial charge in [0, 0.05) is 19.2 Å². The Labute approximate surface area is 112 Å². The Morgan fingerprint density at radius 2 is 2.11 bits per heavy atom. The van der Waals surface area contributed by atoms with Crippen LogP contribution in [0.15, 0.2) is 12.3 Å². The highest BCUT2D eigenvalue weighted by Gasteiger charge is 2.41. The quantitative estimate of drug-likeness (QED) is 0.810. The summed E-state index contributed by atoms with van der Waals surface area (Å²) in [5, 5.41) is 7.12. The van der Waals surface area contributed by atoms with Crippen molar-refractivity contribution >= 4 is 17.6 Å². The third-order valence-corrected chi connectivity index (χ3v) is 3.63. The van der Waals surface area contributed by atoms with Crippen molar-refractivity contribution in [3.8, 4) is 0 Å². The molecule has 2 heterocycles. The van der Waals surface area contributed by atoms with Crippen LogP contribution in [-0.4, -0.2) is 38.6 Å². The molecule has 1 saturated heterocycles. The zero-order chi connectivity index (χ0) is 14.0. The Balaban J connectivity index is 2.12.